The van der Waals surface area contributed by atoms with E-state index in [1.54, 1.807) is 0 Å². The lowest BCUT2D eigenvalue weighted by Gasteiger charge is -2.32. The van der Waals surface area contributed by atoms with Gasteiger partial charge in [0.15, 0.2) is 0 Å². The quantitative estimate of drug-likeness (QED) is 0.737. The molecule has 1 amide bonds. The molecule has 9 nitrogen and oxygen atoms in total. The highest BCUT2D eigenvalue weighted by atomic mass is 32.2. The van der Waals surface area contributed by atoms with E-state index in [0.29, 0.717) is 11.6 Å². The maximum atomic E-state index is 11.8. The maximum absolute atomic E-state index is 11.8. The summed E-state index contributed by atoms with van der Waals surface area (Å²) in [6.07, 6.45) is 4.10. The first-order valence-electron chi connectivity index (χ1n) is 7.22. The summed E-state index contributed by atoms with van der Waals surface area (Å²) < 4.78 is 23.5. The third-order valence-electron chi connectivity index (χ3n) is 3.64. The fourth-order valence-electron chi connectivity index (χ4n) is 2.08. The molecule has 2 rings (SSSR count). The number of carbonyl (C=O) groups excluding carboxylic acids is 1. The molecule has 1 aliphatic heterocycles. The minimum absolute atomic E-state index is 0.251. The highest BCUT2D eigenvalue weighted by molar-refractivity contribution is 7.88. The van der Waals surface area contributed by atoms with Crippen LogP contribution in [0.4, 0.5) is 11.6 Å². The summed E-state index contributed by atoms with van der Waals surface area (Å²) in [5, 5.41) is 2.59. The highest BCUT2D eigenvalue weighted by Gasteiger charge is 2.17. The zero-order valence-corrected chi connectivity index (χ0v) is 14.4. The SMILES string of the molecule is CN1CCN(c2ncc(NC(=O)CN(C)S(C)(=O)=O)cn2)CC1. The first-order valence-corrected chi connectivity index (χ1v) is 9.07. The van der Waals surface area contributed by atoms with Crippen LogP contribution < -0.4 is 10.2 Å². The molecule has 0 spiro atoms. The summed E-state index contributed by atoms with van der Waals surface area (Å²) in [6.45, 7) is 3.39. The molecule has 1 fully saturated rings. The molecule has 23 heavy (non-hydrogen) atoms. The third kappa shape index (κ3) is 5.12. The van der Waals surface area contributed by atoms with Crippen molar-refractivity contribution in [3.63, 3.8) is 0 Å². The Morgan fingerprint density at radius 3 is 2.35 bits per heavy atom. The molecular formula is C13H22N6O3S. The molecule has 0 radical (unpaired) electrons. The van der Waals surface area contributed by atoms with Gasteiger partial charge < -0.3 is 15.1 Å². The van der Waals surface area contributed by atoms with Gasteiger partial charge in [0.05, 0.1) is 30.9 Å². The number of sulfonamides is 1. The van der Waals surface area contributed by atoms with E-state index in [0.717, 1.165) is 36.7 Å². The van der Waals surface area contributed by atoms with E-state index in [1.807, 2.05) is 0 Å². The van der Waals surface area contributed by atoms with Crippen LogP contribution in [0.25, 0.3) is 0 Å². The summed E-state index contributed by atoms with van der Waals surface area (Å²) >= 11 is 0. The van der Waals surface area contributed by atoms with Gasteiger partial charge in [-0.05, 0) is 7.05 Å². The molecule has 0 aromatic carbocycles. The zero-order valence-electron chi connectivity index (χ0n) is 13.6. The molecule has 1 aromatic rings. The van der Waals surface area contributed by atoms with Crippen molar-refractivity contribution in [2.45, 2.75) is 0 Å². The summed E-state index contributed by atoms with van der Waals surface area (Å²) in [4.78, 5) is 24.6. The molecule has 0 saturated carbocycles. The standard InChI is InChI=1S/C13H22N6O3S/c1-17-4-6-19(7-5-17)13-14-8-11(9-15-13)16-12(20)10-18(2)23(3,21)22/h8-9H,4-7,10H2,1-3H3,(H,16,20). The van der Waals surface area contributed by atoms with Crippen molar-refractivity contribution in [3.8, 4) is 0 Å². The Hall–Kier alpha value is -1.78. The molecule has 10 heteroatoms. The first-order chi connectivity index (χ1) is 10.8. The van der Waals surface area contributed by atoms with Gasteiger partial charge in [0.1, 0.15) is 0 Å². The number of anilines is 2. The van der Waals surface area contributed by atoms with Crippen LogP contribution >= 0.6 is 0 Å². The van der Waals surface area contributed by atoms with Crippen LogP contribution in [0.1, 0.15) is 0 Å². The Morgan fingerprint density at radius 2 is 1.83 bits per heavy atom. The molecule has 0 atom stereocenters. The Morgan fingerprint density at radius 1 is 1.26 bits per heavy atom. The Balaban J connectivity index is 1.91. The van der Waals surface area contributed by atoms with Crippen LogP contribution in [-0.2, 0) is 14.8 Å². The largest absolute Gasteiger partial charge is 0.338 e. The Bertz CT molecular complexity index is 640. The van der Waals surface area contributed by atoms with E-state index in [4.69, 9.17) is 0 Å². The molecule has 0 bridgehead atoms. The molecule has 0 aliphatic carbocycles. The first kappa shape index (κ1) is 17.6. The van der Waals surface area contributed by atoms with Gasteiger partial charge >= 0.3 is 0 Å². The van der Waals surface area contributed by atoms with Crippen LogP contribution in [-0.4, -0.2) is 86.6 Å². The number of likely N-dealkylation sites (N-methyl/N-ethyl adjacent to an activating group) is 2. The number of piperazine rings is 1. The van der Waals surface area contributed by atoms with Crippen LogP contribution in [0, 0.1) is 0 Å². The van der Waals surface area contributed by atoms with E-state index in [1.165, 1.54) is 19.4 Å². The predicted molar refractivity (Wildman–Crippen MR) is 87.8 cm³/mol. The zero-order chi connectivity index (χ0) is 17.0. The molecular weight excluding hydrogens is 320 g/mol. The highest BCUT2D eigenvalue weighted by Crippen LogP contribution is 2.12. The predicted octanol–water partition coefficient (Wildman–Crippen LogP) is -0.942. The lowest BCUT2D eigenvalue weighted by atomic mass is 10.3. The molecule has 1 aliphatic rings. The van der Waals surface area contributed by atoms with Crippen molar-refractivity contribution >= 4 is 27.6 Å². The fraction of sp³-hybridized carbons (Fsp3) is 0.615. The lowest BCUT2D eigenvalue weighted by Crippen LogP contribution is -2.45. The summed E-state index contributed by atoms with van der Waals surface area (Å²) in [5.74, 6) is 0.193. The molecule has 2 heterocycles. The van der Waals surface area contributed by atoms with Crippen LogP contribution in [0.3, 0.4) is 0 Å². The Kier molecular flexibility index (Phi) is 5.50. The minimum Gasteiger partial charge on any atom is -0.338 e. The number of hydrogen-bond donors (Lipinski definition) is 1. The van der Waals surface area contributed by atoms with Crippen molar-refractivity contribution in [2.24, 2.45) is 0 Å². The minimum atomic E-state index is -3.39. The molecule has 1 N–H and O–H groups in total. The topological polar surface area (TPSA) is 98.7 Å². The van der Waals surface area contributed by atoms with E-state index in [9.17, 15) is 13.2 Å². The third-order valence-corrected chi connectivity index (χ3v) is 4.90. The van der Waals surface area contributed by atoms with Crippen LogP contribution in [0.5, 0.6) is 0 Å². The number of nitrogens with zero attached hydrogens (tertiary/aromatic N) is 5. The van der Waals surface area contributed by atoms with E-state index in [-0.39, 0.29) is 6.54 Å². The van der Waals surface area contributed by atoms with E-state index in [2.05, 4.69) is 32.1 Å². The molecule has 0 unspecified atom stereocenters. The Labute approximate surface area is 136 Å². The number of amides is 1. The van der Waals surface area contributed by atoms with Gasteiger partial charge in [-0.15, -0.1) is 0 Å². The molecule has 128 valence electrons. The van der Waals surface area contributed by atoms with E-state index >= 15 is 0 Å². The van der Waals surface area contributed by atoms with Gasteiger partial charge in [-0.3, -0.25) is 4.79 Å². The van der Waals surface area contributed by atoms with Gasteiger partial charge in [-0.25, -0.2) is 18.4 Å². The summed E-state index contributed by atoms with van der Waals surface area (Å²) in [5.41, 5.74) is 0.440. The fourth-order valence-corrected chi connectivity index (χ4v) is 2.43. The van der Waals surface area contributed by atoms with Crippen molar-refractivity contribution in [2.75, 3.05) is 63.3 Å². The number of rotatable bonds is 5. The second kappa shape index (κ2) is 7.20. The van der Waals surface area contributed by atoms with Gasteiger partial charge in [-0.2, -0.15) is 4.31 Å². The van der Waals surface area contributed by atoms with Gasteiger partial charge in [0, 0.05) is 33.2 Å². The normalized spacial score (nSPS) is 16.6. The van der Waals surface area contributed by atoms with Gasteiger partial charge in [0.25, 0.3) is 0 Å². The lowest BCUT2D eigenvalue weighted by molar-refractivity contribution is -0.116. The average Bonchev–Trinajstić information content (AvgIpc) is 2.48. The number of aromatic nitrogens is 2. The summed E-state index contributed by atoms with van der Waals surface area (Å²) in [7, 11) is 0.0375. The van der Waals surface area contributed by atoms with Crippen LogP contribution in [0.2, 0.25) is 0 Å². The van der Waals surface area contributed by atoms with Crippen molar-refractivity contribution in [3.05, 3.63) is 12.4 Å². The molecule has 1 saturated heterocycles. The number of nitrogens with one attached hydrogen (secondary N) is 1. The van der Waals surface area contributed by atoms with Crippen molar-refractivity contribution in [1.82, 2.24) is 19.2 Å². The maximum Gasteiger partial charge on any atom is 0.239 e. The van der Waals surface area contributed by atoms with Gasteiger partial charge in [0.2, 0.25) is 21.9 Å². The second-order valence-electron chi connectivity index (χ2n) is 5.63. The average molecular weight is 342 g/mol. The van der Waals surface area contributed by atoms with Gasteiger partial charge in [-0.1, -0.05) is 0 Å². The van der Waals surface area contributed by atoms with Crippen molar-refractivity contribution < 1.29 is 13.2 Å². The number of carbonyl (C=O) groups is 1. The monoisotopic (exact) mass is 342 g/mol. The second-order valence-corrected chi connectivity index (χ2v) is 7.72. The van der Waals surface area contributed by atoms with E-state index < -0.39 is 15.9 Å². The van der Waals surface area contributed by atoms with Crippen molar-refractivity contribution in [1.29, 1.82) is 0 Å². The van der Waals surface area contributed by atoms with Crippen LogP contribution in [0.15, 0.2) is 12.4 Å². The molecule has 1 aromatic heterocycles. The number of hydrogen-bond acceptors (Lipinski definition) is 7. The smallest absolute Gasteiger partial charge is 0.239 e. The summed E-state index contributed by atoms with van der Waals surface area (Å²) in [6, 6.07) is 0.